The quantitative estimate of drug-likeness (QED) is 0.318. The van der Waals surface area contributed by atoms with Crippen LogP contribution in [0.1, 0.15) is 70.9 Å². The summed E-state index contributed by atoms with van der Waals surface area (Å²) in [6.07, 6.45) is 3.32. The van der Waals surface area contributed by atoms with E-state index in [2.05, 4.69) is 10.0 Å². The van der Waals surface area contributed by atoms with Gasteiger partial charge in [0, 0.05) is 18.4 Å². The summed E-state index contributed by atoms with van der Waals surface area (Å²) in [5.74, 6) is -1.37. The SMILES string of the molecule is C[C@@H](NS(=O)(=O)CCCCCC1CCC(=O)NC1=O)c1ccc(F)c(OCC(C)(C)O)c1. The molecule has 2 atom stereocenters. The number of imide groups is 1. The zero-order chi connectivity index (χ0) is 23.9. The average molecular weight is 473 g/mol. The minimum Gasteiger partial charge on any atom is -0.488 e. The van der Waals surface area contributed by atoms with Gasteiger partial charge in [-0.05, 0) is 57.7 Å². The number of benzene rings is 1. The number of ether oxygens (including phenoxy) is 1. The van der Waals surface area contributed by atoms with Gasteiger partial charge < -0.3 is 9.84 Å². The number of unbranched alkanes of at least 4 members (excludes halogenated alkanes) is 2. The van der Waals surface area contributed by atoms with Gasteiger partial charge in [-0.1, -0.05) is 18.9 Å². The van der Waals surface area contributed by atoms with Gasteiger partial charge in [-0.15, -0.1) is 0 Å². The highest BCUT2D eigenvalue weighted by Crippen LogP contribution is 2.24. The molecule has 1 saturated heterocycles. The molecule has 8 nitrogen and oxygen atoms in total. The van der Waals surface area contributed by atoms with Crippen LogP contribution >= 0.6 is 0 Å². The van der Waals surface area contributed by atoms with E-state index in [4.69, 9.17) is 4.74 Å². The smallest absolute Gasteiger partial charge is 0.229 e. The maximum absolute atomic E-state index is 14.0. The van der Waals surface area contributed by atoms with Gasteiger partial charge in [-0.2, -0.15) is 0 Å². The predicted octanol–water partition coefficient (Wildman–Crippen LogP) is 2.57. The van der Waals surface area contributed by atoms with Crippen LogP contribution in [-0.4, -0.2) is 43.3 Å². The standard InChI is InChI=1S/C22H33FN2O6S/c1-15(17-8-10-18(23)19(13-17)31-14-22(2,3)28)25-32(29,30)12-6-4-5-7-16-9-11-20(26)24-21(16)27/h8,10,13,15-16,25,28H,4-7,9,11-12,14H2,1-3H3,(H,24,26,27)/t15-,16?/m1/s1. The van der Waals surface area contributed by atoms with Crippen LogP contribution in [0.5, 0.6) is 5.75 Å². The summed E-state index contributed by atoms with van der Waals surface area (Å²) in [6, 6.07) is 3.52. The number of hydrogen-bond donors (Lipinski definition) is 3. The molecule has 1 aromatic rings. The van der Waals surface area contributed by atoms with E-state index in [-0.39, 0.29) is 35.8 Å². The van der Waals surface area contributed by atoms with Gasteiger partial charge in [0.1, 0.15) is 6.61 Å². The Balaban J connectivity index is 1.80. The molecule has 32 heavy (non-hydrogen) atoms. The lowest BCUT2D eigenvalue weighted by Crippen LogP contribution is -2.40. The molecular formula is C22H33FN2O6S. The van der Waals surface area contributed by atoms with Gasteiger partial charge in [-0.3, -0.25) is 14.9 Å². The molecule has 1 heterocycles. The van der Waals surface area contributed by atoms with Gasteiger partial charge >= 0.3 is 0 Å². The van der Waals surface area contributed by atoms with Crippen molar-refractivity contribution in [3.63, 3.8) is 0 Å². The fourth-order valence-electron chi connectivity index (χ4n) is 3.42. The van der Waals surface area contributed by atoms with Crippen molar-refractivity contribution >= 4 is 21.8 Å². The number of amides is 2. The van der Waals surface area contributed by atoms with Crippen LogP contribution in [0.4, 0.5) is 4.39 Å². The fraction of sp³-hybridized carbons (Fsp3) is 0.636. The van der Waals surface area contributed by atoms with Gasteiger partial charge in [0.25, 0.3) is 0 Å². The molecule has 0 aliphatic carbocycles. The molecule has 1 aliphatic heterocycles. The molecule has 2 amide bonds. The van der Waals surface area contributed by atoms with Gasteiger partial charge in [-0.25, -0.2) is 17.5 Å². The maximum atomic E-state index is 14.0. The van der Waals surface area contributed by atoms with E-state index in [1.165, 1.54) is 32.0 Å². The predicted molar refractivity (Wildman–Crippen MR) is 118 cm³/mol. The third kappa shape index (κ3) is 8.84. The molecule has 180 valence electrons. The Morgan fingerprint density at radius 3 is 2.66 bits per heavy atom. The summed E-state index contributed by atoms with van der Waals surface area (Å²) in [7, 11) is -3.56. The normalized spacial score (nSPS) is 18.3. The van der Waals surface area contributed by atoms with Crippen LogP contribution in [0.2, 0.25) is 0 Å². The number of carbonyl (C=O) groups is 2. The number of nitrogens with one attached hydrogen (secondary N) is 2. The Labute approximate surface area is 189 Å². The number of sulfonamides is 1. The summed E-state index contributed by atoms with van der Waals surface area (Å²) in [5.41, 5.74) is -0.591. The number of hydrogen-bond acceptors (Lipinski definition) is 6. The molecule has 0 saturated carbocycles. The van der Waals surface area contributed by atoms with Crippen molar-refractivity contribution in [2.24, 2.45) is 5.92 Å². The van der Waals surface area contributed by atoms with Crippen LogP contribution in [0.15, 0.2) is 18.2 Å². The first kappa shape index (κ1) is 26.2. The van der Waals surface area contributed by atoms with Crippen molar-refractivity contribution in [2.45, 2.75) is 70.9 Å². The van der Waals surface area contributed by atoms with Crippen LogP contribution in [0.3, 0.4) is 0 Å². The molecule has 1 aromatic carbocycles. The summed E-state index contributed by atoms with van der Waals surface area (Å²) >= 11 is 0. The largest absolute Gasteiger partial charge is 0.488 e. The molecule has 0 bridgehead atoms. The van der Waals surface area contributed by atoms with E-state index in [0.717, 1.165) is 0 Å². The van der Waals surface area contributed by atoms with E-state index >= 15 is 0 Å². The number of rotatable bonds is 12. The van der Waals surface area contributed by atoms with Crippen molar-refractivity contribution in [3.05, 3.63) is 29.6 Å². The van der Waals surface area contributed by atoms with Crippen molar-refractivity contribution in [1.29, 1.82) is 0 Å². The van der Waals surface area contributed by atoms with Crippen molar-refractivity contribution < 1.29 is 32.2 Å². The van der Waals surface area contributed by atoms with Gasteiger partial charge in [0.05, 0.1) is 11.4 Å². The van der Waals surface area contributed by atoms with Gasteiger partial charge in [0.2, 0.25) is 21.8 Å². The number of aliphatic hydroxyl groups is 1. The maximum Gasteiger partial charge on any atom is 0.229 e. The molecule has 1 fully saturated rings. The topological polar surface area (TPSA) is 122 Å². The Bertz CT molecular complexity index is 913. The number of halogens is 1. The molecule has 2 rings (SSSR count). The summed E-state index contributed by atoms with van der Waals surface area (Å²) in [4.78, 5) is 22.9. The Kier molecular flexibility index (Phi) is 9.18. The molecule has 0 aromatic heterocycles. The lowest BCUT2D eigenvalue weighted by molar-refractivity contribution is -0.136. The lowest BCUT2D eigenvalue weighted by atomic mass is 9.92. The van der Waals surface area contributed by atoms with E-state index in [9.17, 15) is 27.5 Å². The molecular weight excluding hydrogens is 439 g/mol. The van der Waals surface area contributed by atoms with Crippen molar-refractivity contribution in [3.8, 4) is 5.75 Å². The molecule has 10 heteroatoms. The van der Waals surface area contributed by atoms with E-state index in [0.29, 0.717) is 44.1 Å². The summed E-state index contributed by atoms with van der Waals surface area (Å²) in [5, 5.41) is 12.1. The van der Waals surface area contributed by atoms with Crippen LogP contribution < -0.4 is 14.8 Å². The minimum absolute atomic E-state index is 0.0517. The van der Waals surface area contributed by atoms with Crippen molar-refractivity contribution in [2.75, 3.05) is 12.4 Å². The molecule has 0 radical (unpaired) electrons. The molecule has 0 spiro atoms. The first-order chi connectivity index (χ1) is 14.9. The van der Waals surface area contributed by atoms with Crippen LogP contribution in [-0.2, 0) is 19.6 Å². The zero-order valence-electron chi connectivity index (χ0n) is 18.8. The third-order valence-electron chi connectivity index (χ3n) is 5.21. The summed E-state index contributed by atoms with van der Waals surface area (Å²) in [6.45, 7) is 4.63. The third-order valence-corrected chi connectivity index (χ3v) is 6.75. The summed E-state index contributed by atoms with van der Waals surface area (Å²) < 4.78 is 46.7. The fourth-order valence-corrected chi connectivity index (χ4v) is 4.80. The highest BCUT2D eigenvalue weighted by molar-refractivity contribution is 7.89. The Morgan fingerprint density at radius 1 is 1.28 bits per heavy atom. The van der Waals surface area contributed by atoms with Crippen LogP contribution in [0.25, 0.3) is 0 Å². The second-order valence-corrected chi connectivity index (χ2v) is 10.8. The minimum atomic E-state index is -3.56. The molecule has 1 aliphatic rings. The van der Waals surface area contributed by atoms with Crippen molar-refractivity contribution in [1.82, 2.24) is 10.0 Å². The Hall–Kier alpha value is -2.04. The first-order valence-electron chi connectivity index (χ1n) is 10.8. The zero-order valence-corrected chi connectivity index (χ0v) is 19.6. The molecule has 3 N–H and O–H groups in total. The average Bonchev–Trinajstić information content (AvgIpc) is 2.67. The monoisotopic (exact) mass is 472 g/mol. The Morgan fingerprint density at radius 2 is 2.00 bits per heavy atom. The number of carbonyl (C=O) groups excluding carboxylic acids is 2. The van der Waals surface area contributed by atoms with Crippen LogP contribution in [0, 0.1) is 11.7 Å². The van der Waals surface area contributed by atoms with E-state index < -0.39 is 27.5 Å². The van der Waals surface area contributed by atoms with E-state index in [1.807, 2.05) is 0 Å². The lowest BCUT2D eigenvalue weighted by Gasteiger charge is -2.20. The highest BCUT2D eigenvalue weighted by atomic mass is 32.2. The second kappa shape index (κ2) is 11.2. The molecule has 1 unspecified atom stereocenters. The number of piperidine rings is 1. The van der Waals surface area contributed by atoms with E-state index in [1.54, 1.807) is 6.92 Å². The highest BCUT2D eigenvalue weighted by Gasteiger charge is 2.26. The van der Waals surface area contributed by atoms with Gasteiger partial charge in [0.15, 0.2) is 11.6 Å². The first-order valence-corrected chi connectivity index (χ1v) is 12.5. The second-order valence-electron chi connectivity index (χ2n) is 8.95.